The number of benzene rings is 3. The molecule has 0 saturated carbocycles. The third-order valence-electron chi connectivity index (χ3n) is 4.85. The average Bonchev–Trinajstić information content (AvgIpc) is 3.19. The Bertz CT molecular complexity index is 1140. The van der Waals surface area contributed by atoms with Crippen molar-refractivity contribution in [3.05, 3.63) is 83.6 Å². The van der Waals surface area contributed by atoms with Gasteiger partial charge in [-0.1, -0.05) is 42.5 Å². The Hall–Kier alpha value is -4.06. The Morgan fingerprint density at radius 2 is 1.35 bits per heavy atom. The van der Waals surface area contributed by atoms with E-state index in [1.807, 2.05) is 54.6 Å². The van der Waals surface area contributed by atoms with Crippen LogP contribution in [0.3, 0.4) is 0 Å². The zero-order valence-electron chi connectivity index (χ0n) is 17.4. The maximum absolute atomic E-state index is 12.4. The maximum atomic E-state index is 12.4. The van der Waals surface area contributed by atoms with Crippen LogP contribution in [0, 0.1) is 0 Å². The van der Waals surface area contributed by atoms with E-state index in [4.69, 9.17) is 18.9 Å². The molecule has 0 atom stereocenters. The van der Waals surface area contributed by atoms with Crippen LogP contribution in [0.1, 0.15) is 11.1 Å². The zero-order valence-corrected chi connectivity index (χ0v) is 17.4. The molecular weight excluding hydrogens is 394 g/mol. The minimum absolute atomic E-state index is 0.191. The summed E-state index contributed by atoms with van der Waals surface area (Å²) in [6.45, 7) is 0. The monoisotopic (exact) mass is 415 g/mol. The van der Waals surface area contributed by atoms with Crippen LogP contribution in [0.15, 0.2) is 77.4 Å². The molecule has 0 amide bonds. The van der Waals surface area contributed by atoms with Gasteiger partial charge in [0.2, 0.25) is 11.6 Å². The Balaban J connectivity index is 1.64. The van der Waals surface area contributed by atoms with Gasteiger partial charge in [0.25, 0.3) is 0 Å². The number of nitrogens with zero attached hydrogens (tertiary/aromatic N) is 1. The number of hydrogen-bond donors (Lipinski definition) is 0. The van der Waals surface area contributed by atoms with E-state index in [1.165, 1.54) is 21.3 Å². The quantitative estimate of drug-likeness (QED) is 0.430. The molecule has 3 aromatic rings. The summed E-state index contributed by atoms with van der Waals surface area (Å²) < 4.78 is 21.4. The van der Waals surface area contributed by atoms with E-state index in [2.05, 4.69) is 4.99 Å². The fraction of sp³-hybridized carbons (Fsp3) is 0.120. The van der Waals surface area contributed by atoms with Crippen LogP contribution in [0.4, 0.5) is 0 Å². The predicted molar refractivity (Wildman–Crippen MR) is 119 cm³/mol. The van der Waals surface area contributed by atoms with Crippen molar-refractivity contribution in [2.75, 3.05) is 21.3 Å². The van der Waals surface area contributed by atoms with E-state index in [9.17, 15) is 4.79 Å². The zero-order chi connectivity index (χ0) is 21.8. The van der Waals surface area contributed by atoms with Gasteiger partial charge in [-0.05, 0) is 47.0 Å². The van der Waals surface area contributed by atoms with Gasteiger partial charge in [0.15, 0.2) is 17.2 Å². The predicted octanol–water partition coefficient (Wildman–Crippen LogP) is 4.72. The summed E-state index contributed by atoms with van der Waals surface area (Å²) in [6.07, 6.45) is 1.62. The van der Waals surface area contributed by atoms with E-state index >= 15 is 0 Å². The van der Waals surface area contributed by atoms with Crippen LogP contribution >= 0.6 is 0 Å². The number of methoxy groups -OCH3 is 3. The average molecular weight is 415 g/mol. The number of carbonyl (C=O) groups is 1. The topological polar surface area (TPSA) is 66.4 Å². The van der Waals surface area contributed by atoms with Crippen molar-refractivity contribution in [3.8, 4) is 28.4 Å². The van der Waals surface area contributed by atoms with Gasteiger partial charge in [0.1, 0.15) is 0 Å². The smallest absolute Gasteiger partial charge is 0.363 e. The standard InChI is InChI=1S/C25H21NO5/c1-28-21-14-16(15-22(29-2)23(21)30-3)13-20-25(27)31-24(26-20)19-11-9-18(10-12-19)17-7-5-4-6-8-17/h4-15H,1-3H3/b20-13+. The van der Waals surface area contributed by atoms with Gasteiger partial charge in [-0.3, -0.25) is 0 Å². The SMILES string of the molecule is COc1cc(/C=C2/N=C(c3ccc(-c4ccccc4)cc3)OC2=O)cc(OC)c1OC. The van der Waals surface area contributed by atoms with E-state index in [0.29, 0.717) is 22.8 Å². The molecule has 3 aromatic carbocycles. The van der Waals surface area contributed by atoms with Crippen molar-refractivity contribution in [1.29, 1.82) is 0 Å². The first-order chi connectivity index (χ1) is 15.1. The molecule has 0 saturated heterocycles. The lowest BCUT2D eigenvalue weighted by Crippen LogP contribution is -2.05. The molecule has 1 aliphatic heterocycles. The van der Waals surface area contributed by atoms with Gasteiger partial charge in [0.05, 0.1) is 21.3 Å². The van der Waals surface area contributed by atoms with Crippen molar-refractivity contribution in [3.63, 3.8) is 0 Å². The third kappa shape index (κ3) is 4.14. The fourth-order valence-electron chi connectivity index (χ4n) is 3.31. The molecule has 0 spiro atoms. The van der Waals surface area contributed by atoms with Crippen LogP contribution in [0.5, 0.6) is 17.2 Å². The highest BCUT2D eigenvalue weighted by Gasteiger charge is 2.24. The Morgan fingerprint density at radius 3 is 1.94 bits per heavy atom. The summed E-state index contributed by atoms with van der Waals surface area (Å²) in [5, 5.41) is 0. The number of cyclic esters (lactones) is 1. The molecule has 0 N–H and O–H groups in total. The lowest BCUT2D eigenvalue weighted by Gasteiger charge is -2.12. The molecule has 0 radical (unpaired) electrons. The van der Waals surface area contributed by atoms with Crippen LogP contribution in [0.25, 0.3) is 17.2 Å². The molecule has 1 heterocycles. The number of hydrogen-bond acceptors (Lipinski definition) is 6. The number of ether oxygens (including phenoxy) is 4. The summed E-state index contributed by atoms with van der Waals surface area (Å²) in [5.74, 6) is 1.20. The van der Waals surface area contributed by atoms with Crippen LogP contribution in [0.2, 0.25) is 0 Å². The molecule has 156 valence electrons. The second-order valence-electron chi connectivity index (χ2n) is 6.74. The van der Waals surface area contributed by atoms with Crippen LogP contribution < -0.4 is 14.2 Å². The highest BCUT2D eigenvalue weighted by Crippen LogP contribution is 2.39. The van der Waals surface area contributed by atoms with E-state index in [-0.39, 0.29) is 11.6 Å². The highest BCUT2D eigenvalue weighted by molar-refractivity contribution is 6.13. The Labute approximate surface area is 180 Å². The van der Waals surface area contributed by atoms with Crippen molar-refractivity contribution in [2.24, 2.45) is 4.99 Å². The molecule has 0 bridgehead atoms. The van der Waals surface area contributed by atoms with Crippen molar-refractivity contribution in [2.45, 2.75) is 0 Å². The molecule has 0 fully saturated rings. The Kier molecular flexibility index (Phi) is 5.71. The van der Waals surface area contributed by atoms with Gasteiger partial charge in [-0.2, -0.15) is 0 Å². The van der Waals surface area contributed by atoms with Crippen LogP contribution in [-0.4, -0.2) is 33.2 Å². The van der Waals surface area contributed by atoms with E-state index < -0.39 is 5.97 Å². The van der Waals surface area contributed by atoms with Gasteiger partial charge < -0.3 is 18.9 Å². The molecule has 6 heteroatoms. The van der Waals surface area contributed by atoms with Crippen LogP contribution in [-0.2, 0) is 9.53 Å². The summed E-state index contributed by atoms with van der Waals surface area (Å²) in [6, 6.07) is 21.2. The van der Waals surface area contributed by atoms with Gasteiger partial charge in [0, 0.05) is 5.56 Å². The molecule has 31 heavy (non-hydrogen) atoms. The lowest BCUT2D eigenvalue weighted by molar-refractivity contribution is -0.129. The van der Waals surface area contributed by atoms with Crippen molar-refractivity contribution >= 4 is 17.9 Å². The summed E-state index contributed by atoms with van der Waals surface area (Å²) in [7, 11) is 4.60. The summed E-state index contributed by atoms with van der Waals surface area (Å²) in [5.41, 5.74) is 3.77. The molecular formula is C25H21NO5. The van der Waals surface area contributed by atoms with Gasteiger partial charge in [-0.15, -0.1) is 0 Å². The first-order valence-corrected chi connectivity index (χ1v) is 9.61. The molecule has 0 unspecified atom stereocenters. The number of esters is 1. The van der Waals surface area contributed by atoms with Gasteiger partial charge >= 0.3 is 5.97 Å². The Morgan fingerprint density at radius 1 is 0.774 bits per heavy atom. The molecule has 0 aromatic heterocycles. The second-order valence-corrected chi connectivity index (χ2v) is 6.74. The second kappa shape index (κ2) is 8.75. The number of carbonyl (C=O) groups excluding carboxylic acids is 1. The summed E-state index contributed by atoms with van der Waals surface area (Å²) >= 11 is 0. The minimum Gasteiger partial charge on any atom is -0.493 e. The molecule has 0 aliphatic carbocycles. The molecule has 4 rings (SSSR count). The minimum atomic E-state index is -0.518. The fourth-order valence-corrected chi connectivity index (χ4v) is 3.31. The first kappa shape index (κ1) is 20.2. The highest BCUT2D eigenvalue weighted by atomic mass is 16.6. The first-order valence-electron chi connectivity index (χ1n) is 9.61. The maximum Gasteiger partial charge on any atom is 0.363 e. The summed E-state index contributed by atoms with van der Waals surface area (Å²) in [4.78, 5) is 16.8. The van der Waals surface area contributed by atoms with Gasteiger partial charge in [-0.25, -0.2) is 9.79 Å². The normalized spacial score (nSPS) is 14.2. The molecule has 1 aliphatic rings. The van der Waals surface area contributed by atoms with E-state index in [1.54, 1.807) is 18.2 Å². The third-order valence-corrected chi connectivity index (χ3v) is 4.85. The van der Waals surface area contributed by atoms with Crippen molar-refractivity contribution in [1.82, 2.24) is 0 Å². The largest absolute Gasteiger partial charge is 0.493 e. The van der Waals surface area contributed by atoms with E-state index in [0.717, 1.165) is 16.7 Å². The number of aliphatic imine (C=N–C) groups is 1. The number of rotatable bonds is 6. The molecule has 6 nitrogen and oxygen atoms in total. The lowest BCUT2D eigenvalue weighted by atomic mass is 10.0. The van der Waals surface area contributed by atoms with Crippen molar-refractivity contribution < 1.29 is 23.7 Å².